The van der Waals surface area contributed by atoms with E-state index in [0.29, 0.717) is 0 Å². The molecule has 1 radical (unpaired) electrons. The Kier molecular flexibility index (Phi) is 1.93. The van der Waals surface area contributed by atoms with Crippen molar-refractivity contribution in [3.05, 3.63) is 48.4 Å². The predicted octanol–water partition coefficient (Wildman–Crippen LogP) is 2.99. The molecular weight excluding hydrogens is 158 g/mol. The summed E-state index contributed by atoms with van der Waals surface area (Å²) in [6, 6.07) is 12.2. The number of anilines is 1. The second-order valence-corrected chi connectivity index (χ2v) is 3.08. The molecule has 0 aromatic heterocycles. The van der Waals surface area contributed by atoms with Crippen LogP contribution in [0.4, 0.5) is 5.69 Å². The number of fused-ring (bicyclic) bond motifs is 1. The number of nitrogen functional groups attached to an aromatic ring is 1. The quantitative estimate of drug-likeness (QED) is 0.654. The average Bonchev–Trinajstić information content (AvgIpc) is 2.18. The van der Waals surface area contributed by atoms with Crippen molar-refractivity contribution in [2.45, 2.75) is 6.92 Å². The first kappa shape index (κ1) is 8.11. The topological polar surface area (TPSA) is 26.0 Å². The third kappa shape index (κ3) is 1.26. The molecule has 0 saturated heterocycles. The fraction of sp³-hybridized carbons (Fsp3) is 0.0833. The van der Waals surface area contributed by atoms with Crippen LogP contribution in [0.5, 0.6) is 0 Å². The fourth-order valence-electron chi connectivity index (χ4n) is 1.61. The number of nitrogens with two attached hydrogens (primary N) is 1. The lowest BCUT2D eigenvalue weighted by atomic mass is 10.0. The Bertz CT molecular complexity index is 432. The molecule has 0 fully saturated rings. The zero-order valence-electron chi connectivity index (χ0n) is 7.62. The van der Waals surface area contributed by atoms with E-state index in [9.17, 15) is 0 Å². The zero-order valence-corrected chi connectivity index (χ0v) is 7.62. The van der Waals surface area contributed by atoms with Gasteiger partial charge < -0.3 is 5.73 Å². The number of hydrogen-bond donors (Lipinski definition) is 1. The van der Waals surface area contributed by atoms with Gasteiger partial charge in [-0.3, -0.25) is 0 Å². The van der Waals surface area contributed by atoms with Gasteiger partial charge in [0.1, 0.15) is 0 Å². The van der Waals surface area contributed by atoms with Gasteiger partial charge in [0.15, 0.2) is 0 Å². The summed E-state index contributed by atoms with van der Waals surface area (Å²) in [5.74, 6) is 0. The smallest absolute Gasteiger partial charge is 0.0393 e. The van der Waals surface area contributed by atoms with E-state index in [-0.39, 0.29) is 0 Å². The van der Waals surface area contributed by atoms with Crippen molar-refractivity contribution >= 4 is 16.5 Å². The van der Waals surface area contributed by atoms with Crippen LogP contribution in [0.15, 0.2) is 36.4 Å². The van der Waals surface area contributed by atoms with Gasteiger partial charge in [-0.1, -0.05) is 37.3 Å². The standard InChI is InChI=1S/C12H12N/c1-2-9-5-3-7-11-10(9)6-4-8-12(11)13/h2-8H,13H2,1H3. The molecule has 0 spiro atoms. The highest BCUT2D eigenvalue weighted by Gasteiger charge is 2.00. The molecule has 0 unspecified atom stereocenters. The van der Waals surface area contributed by atoms with Crippen molar-refractivity contribution in [2.75, 3.05) is 5.73 Å². The van der Waals surface area contributed by atoms with Crippen molar-refractivity contribution in [1.82, 2.24) is 0 Å². The maximum Gasteiger partial charge on any atom is 0.0393 e. The molecule has 65 valence electrons. The molecule has 0 saturated carbocycles. The molecule has 1 nitrogen and oxygen atoms in total. The Labute approximate surface area is 78.2 Å². The number of benzene rings is 2. The first-order valence-corrected chi connectivity index (χ1v) is 4.39. The number of rotatable bonds is 1. The molecule has 2 rings (SSSR count). The van der Waals surface area contributed by atoms with Crippen LogP contribution in [0.25, 0.3) is 10.8 Å². The molecule has 0 bridgehead atoms. The van der Waals surface area contributed by atoms with Gasteiger partial charge in [0.25, 0.3) is 0 Å². The monoisotopic (exact) mass is 170 g/mol. The van der Waals surface area contributed by atoms with Crippen LogP contribution >= 0.6 is 0 Å². The van der Waals surface area contributed by atoms with Gasteiger partial charge in [0, 0.05) is 11.1 Å². The van der Waals surface area contributed by atoms with Crippen molar-refractivity contribution in [1.29, 1.82) is 0 Å². The van der Waals surface area contributed by atoms with Gasteiger partial charge in [0.05, 0.1) is 0 Å². The predicted molar refractivity (Wildman–Crippen MR) is 57.4 cm³/mol. The molecule has 0 heterocycles. The van der Waals surface area contributed by atoms with Gasteiger partial charge in [-0.2, -0.15) is 0 Å². The Morgan fingerprint density at radius 1 is 1.00 bits per heavy atom. The highest BCUT2D eigenvalue weighted by molar-refractivity contribution is 5.95. The Balaban J connectivity index is 2.84. The molecule has 0 aliphatic carbocycles. The molecule has 0 aliphatic rings. The van der Waals surface area contributed by atoms with Crippen LogP contribution in [-0.2, 0) is 0 Å². The van der Waals surface area contributed by atoms with Gasteiger partial charge in [0.2, 0.25) is 0 Å². The van der Waals surface area contributed by atoms with Crippen molar-refractivity contribution in [2.24, 2.45) is 0 Å². The first-order valence-electron chi connectivity index (χ1n) is 4.39. The summed E-state index contributed by atoms with van der Waals surface area (Å²) in [6.07, 6.45) is 2.10. The van der Waals surface area contributed by atoms with E-state index in [2.05, 4.69) is 24.6 Å². The Morgan fingerprint density at radius 2 is 1.69 bits per heavy atom. The molecule has 2 N–H and O–H groups in total. The van der Waals surface area contributed by atoms with Crippen LogP contribution in [0.3, 0.4) is 0 Å². The van der Waals surface area contributed by atoms with Crippen molar-refractivity contribution < 1.29 is 0 Å². The minimum atomic E-state index is 0.848. The summed E-state index contributed by atoms with van der Waals surface area (Å²) in [6.45, 7) is 2.04. The summed E-state index contributed by atoms with van der Waals surface area (Å²) in [5.41, 5.74) is 7.95. The summed E-state index contributed by atoms with van der Waals surface area (Å²) in [4.78, 5) is 0. The molecular formula is C12H12N. The van der Waals surface area contributed by atoms with E-state index in [4.69, 9.17) is 5.73 Å². The van der Waals surface area contributed by atoms with Crippen LogP contribution in [0.1, 0.15) is 12.5 Å². The minimum Gasteiger partial charge on any atom is -0.398 e. The summed E-state index contributed by atoms with van der Waals surface area (Å²) < 4.78 is 0. The lowest BCUT2D eigenvalue weighted by Crippen LogP contribution is -1.88. The van der Waals surface area contributed by atoms with Crippen LogP contribution in [0.2, 0.25) is 0 Å². The van der Waals surface area contributed by atoms with E-state index < -0.39 is 0 Å². The second kappa shape index (κ2) is 3.09. The largest absolute Gasteiger partial charge is 0.398 e. The Hall–Kier alpha value is -1.50. The molecule has 13 heavy (non-hydrogen) atoms. The van der Waals surface area contributed by atoms with E-state index in [1.807, 2.05) is 25.1 Å². The van der Waals surface area contributed by atoms with E-state index >= 15 is 0 Å². The van der Waals surface area contributed by atoms with E-state index in [0.717, 1.165) is 11.1 Å². The van der Waals surface area contributed by atoms with Crippen LogP contribution in [-0.4, -0.2) is 0 Å². The molecule has 2 aromatic rings. The van der Waals surface area contributed by atoms with Gasteiger partial charge in [-0.15, -0.1) is 0 Å². The van der Waals surface area contributed by atoms with Gasteiger partial charge >= 0.3 is 0 Å². The maximum atomic E-state index is 5.87. The minimum absolute atomic E-state index is 0.848. The van der Waals surface area contributed by atoms with Crippen LogP contribution in [0, 0.1) is 6.42 Å². The Morgan fingerprint density at radius 3 is 2.46 bits per heavy atom. The summed E-state index contributed by atoms with van der Waals surface area (Å²) in [5, 5.41) is 2.36. The van der Waals surface area contributed by atoms with Crippen LogP contribution < -0.4 is 5.73 Å². The molecule has 0 atom stereocenters. The van der Waals surface area contributed by atoms with Crippen molar-refractivity contribution in [3.63, 3.8) is 0 Å². The normalized spacial score (nSPS) is 10.5. The average molecular weight is 170 g/mol. The fourth-order valence-corrected chi connectivity index (χ4v) is 1.61. The lowest BCUT2D eigenvalue weighted by molar-refractivity contribution is 1.46. The second-order valence-electron chi connectivity index (χ2n) is 3.08. The molecule has 0 amide bonds. The summed E-state index contributed by atoms with van der Waals surface area (Å²) >= 11 is 0. The highest BCUT2D eigenvalue weighted by Crippen LogP contribution is 2.24. The molecule has 2 aromatic carbocycles. The van der Waals surface area contributed by atoms with E-state index in [1.165, 1.54) is 10.9 Å². The maximum absolute atomic E-state index is 5.87. The lowest BCUT2D eigenvalue weighted by Gasteiger charge is -2.05. The first-order chi connectivity index (χ1) is 6.33. The third-order valence-electron chi connectivity index (χ3n) is 2.30. The van der Waals surface area contributed by atoms with Gasteiger partial charge in [-0.25, -0.2) is 0 Å². The molecule has 0 aliphatic heterocycles. The van der Waals surface area contributed by atoms with Gasteiger partial charge in [-0.05, 0) is 23.4 Å². The SMILES string of the molecule is C[CH]c1cccc2c(N)cccc12. The zero-order chi connectivity index (χ0) is 9.26. The summed E-state index contributed by atoms with van der Waals surface area (Å²) in [7, 11) is 0. The number of hydrogen-bond acceptors (Lipinski definition) is 1. The van der Waals surface area contributed by atoms with E-state index in [1.54, 1.807) is 0 Å². The van der Waals surface area contributed by atoms with Crippen molar-refractivity contribution in [3.8, 4) is 0 Å². The highest BCUT2D eigenvalue weighted by atomic mass is 14.5. The molecule has 1 heteroatoms. The third-order valence-corrected chi connectivity index (χ3v) is 2.30.